The van der Waals surface area contributed by atoms with E-state index in [2.05, 4.69) is 27.3 Å². The summed E-state index contributed by atoms with van der Waals surface area (Å²) in [5.74, 6) is 1.18. The minimum Gasteiger partial charge on any atom is -0.489 e. The van der Waals surface area contributed by atoms with Crippen molar-refractivity contribution in [3.05, 3.63) is 100.0 Å². The third-order valence-electron chi connectivity index (χ3n) is 8.35. The number of imidazole rings is 1. The van der Waals surface area contributed by atoms with Gasteiger partial charge in [0.25, 0.3) is 0 Å². The van der Waals surface area contributed by atoms with Crippen LogP contribution in [0.3, 0.4) is 0 Å². The van der Waals surface area contributed by atoms with Crippen LogP contribution in [0.5, 0.6) is 5.75 Å². The van der Waals surface area contributed by atoms with E-state index in [1.807, 2.05) is 48.9 Å². The summed E-state index contributed by atoms with van der Waals surface area (Å²) in [6.07, 6.45) is 1.86. The fraction of sp³-hybridized carbons (Fsp3) is 0.281. The minimum absolute atomic E-state index is 0.0274. The van der Waals surface area contributed by atoms with Crippen LogP contribution in [0.1, 0.15) is 35.6 Å². The van der Waals surface area contributed by atoms with Gasteiger partial charge in [-0.15, -0.1) is 0 Å². The lowest BCUT2D eigenvalue weighted by molar-refractivity contribution is -0.120. The van der Waals surface area contributed by atoms with Gasteiger partial charge in [0.05, 0.1) is 23.4 Å². The fourth-order valence-electron chi connectivity index (χ4n) is 5.76. The Morgan fingerprint density at radius 2 is 1.93 bits per heavy atom. The van der Waals surface area contributed by atoms with Gasteiger partial charge in [-0.1, -0.05) is 41.9 Å². The van der Waals surface area contributed by atoms with Crippen molar-refractivity contribution in [3.8, 4) is 17.1 Å². The number of carbonyl (C=O) groups excluding carboxylic acids is 2. The molecule has 1 fully saturated rings. The smallest absolute Gasteiger partial charge is 0.329 e. The standard InChI is InChI=1S/C32H31ClFN5O4/c1-32(19-40)25-14-21(30-35-15-29(37(30)2)39-13-12-28(41)36-31(39)42)8-9-22(25)17-38(32)16-20-6-10-23(11-7-20)43-18-24-26(33)4-3-5-27(24)34/h3-11,14-15,40H,12-13,16-19H2,1-2H3,(H,36,41,42). The number of anilines is 1. The highest BCUT2D eigenvalue weighted by Gasteiger charge is 2.41. The van der Waals surface area contributed by atoms with Gasteiger partial charge in [0.1, 0.15) is 29.8 Å². The first-order valence-corrected chi connectivity index (χ1v) is 14.3. The van der Waals surface area contributed by atoms with Gasteiger partial charge in [-0.3, -0.25) is 19.9 Å². The molecule has 11 heteroatoms. The zero-order chi connectivity index (χ0) is 30.3. The van der Waals surface area contributed by atoms with Crippen molar-refractivity contribution in [3.63, 3.8) is 0 Å². The summed E-state index contributed by atoms with van der Waals surface area (Å²) in [4.78, 5) is 32.3. The average molecular weight is 604 g/mol. The maximum atomic E-state index is 14.1. The van der Waals surface area contributed by atoms with Crippen LogP contribution in [-0.4, -0.2) is 44.6 Å². The largest absolute Gasteiger partial charge is 0.489 e. The van der Waals surface area contributed by atoms with Gasteiger partial charge in [-0.25, -0.2) is 14.2 Å². The van der Waals surface area contributed by atoms with Crippen molar-refractivity contribution >= 4 is 29.4 Å². The first-order chi connectivity index (χ1) is 20.7. The highest BCUT2D eigenvalue weighted by atomic mass is 35.5. The van der Waals surface area contributed by atoms with Crippen LogP contribution in [0.4, 0.5) is 15.0 Å². The number of nitrogens with one attached hydrogen (secondary N) is 1. The summed E-state index contributed by atoms with van der Waals surface area (Å²) in [5, 5.41) is 13.3. The van der Waals surface area contributed by atoms with E-state index in [-0.39, 0.29) is 25.5 Å². The highest BCUT2D eigenvalue weighted by molar-refractivity contribution is 6.31. The SMILES string of the molecule is Cn1c(N2CCC(=O)NC2=O)cnc1-c1ccc2c(c1)C(C)(CO)N(Cc1ccc(OCc3c(F)cccc3Cl)cc1)C2. The molecule has 9 nitrogen and oxygen atoms in total. The second-order valence-corrected chi connectivity index (χ2v) is 11.5. The van der Waals surface area contributed by atoms with Crippen molar-refractivity contribution in [2.75, 3.05) is 18.1 Å². The number of nitrogens with zero attached hydrogens (tertiary/aromatic N) is 4. The number of aliphatic hydroxyl groups excluding tert-OH is 1. The monoisotopic (exact) mass is 603 g/mol. The second-order valence-electron chi connectivity index (χ2n) is 11.0. The molecule has 4 aromatic rings. The predicted octanol–water partition coefficient (Wildman–Crippen LogP) is 5.13. The molecule has 222 valence electrons. The van der Waals surface area contributed by atoms with E-state index in [0.717, 1.165) is 22.3 Å². The summed E-state index contributed by atoms with van der Waals surface area (Å²) in [6.45, 7) is 3.51. The molecule has 1 unspecified atom stereocenters. The number of aromatic nitrogens is 2. The first-order valence-electron chi connectivity index (χ1n) is 14.0. The molecule has 43 heavy (non-hydrogen) atoms. The Bertz CT molecular complexity index is 1690. The van der Waals surface area contributed by atoms with Gasteiger partial charge in [-0.05, 0) is 53.9 Å². The van der Waals surface area contributed by atoms with Gasteiger partial charge >= 0.3 is 6.03 Å². The lowest BCUT2D eigenvalue weighted by Crippen LogP contribution is -2.50. The molecule has 3 amide bonds. The molecule has 3 aromatic carbocycles. The van der Waals surface area contributed by atoms with Crippen molar-refractivity contribution in [1.82, 2.24) is 19.8 Å². The lowest BCUT2D eigenvalue weighted by atomic mass is 9.90. The van der Waals surface area contributed by atoms with Crippen LogP contribution in [0, 0.1) is 5.82 Å². The average Bonchev–Trinajstić information content (AvgIpc) is 3.50. The number of imide groups is 1. The predicted molar refractivity (Wildman–Crippen MR) is 160 cm³/mol. The number of ether oxygens (including phenoxy) is 1. The summed E-state index contributed by atoms with van der Waals surface area (Å²) < 4.78 is 21.7. The number of aliphatic hydroxyl groups is 1. The number of rotatable bonds is 8. The van der Waals surface area contributed by atoms with Crippen molar-refractivity contribution < 1.29 is 23.8 Å². The van der Waals surface area contributed by atoms with Crippen LogP contribution >= 0.6 is 11.6 Å². The molecule has 0 bridgehead atoms. The van der Waals surface area contributed by atoms with E-state index in [4.69, 9.17) is 16.3 Å². The van der Waals surface area contributed by atoms with Gasteiger partial charge in [0.2, 0.25) is 5.91 Å². The Hall–Kier alpha value is -4.25. The molecule has 6 rings (SSSR count). The fourth-order valence-corrected chi connectivity index (χ4v) is 5.98. The Labute approximate surface area is 253 Å². The number of fused-ring (bicyclic) bond motifs is 1. The number of urea groups is 1. The number of benzene rings is 3. The maximum Gasteiger partial charge on any atom is 0.329 e. The molecule has 1 atom stereocenters. The number of halogens is 2. The van der Waals surface area contributed by atoms with Crippen LogP contribution in [-0.2, 0) is 37.1 Å². The van der Waals surface area contributed by atoms with E-state index in [1.54, 1.807) is 18.3 Å². The molecule has 0 saturated carbocycles. The summed E-state index contributed by atoms with van der Waals surface area (Å²) in [5.41, 5.74) is 3.71. The third kappa shape index (κ3) is 5.37. The van der Waals surface area contributed by atoms with Gasteiger partial charge in [0.15, 0.2) is 0 Å². The quantitative estimate of drug-likeness (QED) is 0.290. The maximum absolute atomic E-state index is 14.1. The summed E-state index contributed by atoms with van der Waals surface area (Å²) in [7, 11) is 1.84. The van der Waals surface area contributed by atoms with Crippen LogP contribution < -0.4 is 15.0 Å². The molecule has 3 heterocycles. The number of hydrogen-bond acceptors (Lipinski definition) is 6. The van der Waals surface area contributed by atoms with Crippen LogP contribution in [0.2, 0.25) is 5.02 Å². The van der Waals surface area contributed by atoms with Crippen LogP contribution in [0.15, 0.2) is 66.9 Å². The Morgan fingerprint density at radius 1 is 1.14 bits per heavy atom. The van der Waals surface area contributed by atoms with E-state index in [0.29, 0.717) is 47.6 Å². The van der Waals surface area contributed by atoms with Crippen molar-refractivity contribution in [2.24, 2.45) is 7.05 Å². The minimum atomic E-state index is -0.636. The number of hydrogen-bond donors (Lipinski definition) is 2. The molecular formula is C32H31ClFN5O4. The van der Waals surface area contributed by atoms with Gasteiger partial charge in [0, 0.05) is 44.2 Å². The normalized spacial score (nSPS) is 18.6. The van der Waals surface area contributed by atoms with E-state index < -0.39 is 17.4 Å². The molecule has 1 aromatic heterocycles. The second kappa shape index (κ2) is 11.4. The van der Waals surface area contributed by atoms with E-state index in [9.17, 15) is 19.1 Å². The Kier molecular flexibility index (Phi) is 7.68. The molecule has 2 N–H and O–H groups in total. The van der Waals surface area contributed by atoms with Crippen LogP contribution in [0.25, 0.3) is 11.4 Å². The number of carbonyl (C=O) groups is 2. The molecule has 2 aliphatic heterocycles. The first kappa shape index (κ1) is 28.9. The molecule has 0 aliphatic carbocycles. The van der Waals surface area contributed by atoms with Gasteiger partial charge < -0.3 is 14.4 Å². The molecule has 1 saturated heterocycles. The Balaban J connectivity index is 1.18. The van der Waals surface area contributed by atoms with E-state index in [1.165, 1.54) is 11.0 Å². The number of amides is 3. The molecule has 0 radical (unpaired) electrons. The third-order valence-corrected chi connectivity index (χ3v) is 8.71. The Morgan fingerprint density at radius 3 is 2.65 bits per heavy atom. The zero-order valence-electron chi connectivity index (χ0n) is 23.8. The van der Waals surface area contributed by atoms with Crippen molar-refractivity contribution in [2.45, 2.75) is 38.6 Å². The van der Waals surface area contributed by atoms with E-state index >= 15 is 0 Å². The summed E-state index contributed by atoms with van der Waals surface area (Å²) >= 11 is 6.11. The zero-order valence-corrected chi connectivity index (χ0v) is 24.6. The van der Waals surface area contributed by atoms with Crippen molar-refractivity contribution in [1.29, 1.82) is 0 Å². The molecule has 0 spiro atoms. The topological polar surface area (TPSA) is 99.9 Å². The summed E-state index contributed by atoms with van der Waals surface area (Å²) in [6, 6.07) is 17.8. The van der Waals surface area contributed by atoms with Gasteiger partial charge in [-0.2, -0.15) is 0 Å². The highest BCUT2D eigenvalue weighted by Crippen LogP contribution is 2.42. The molecular weight excluding hydrogens is 573 g/mol. The molecule has 2 aliphatic rings. The lowest BCUT2D eigenvalue weighted by Gasteiger charge is -2.34.